The quantitative estimate of drug-likeness (QED) is 0.296. The van der Waals surface area contributed by atoms with Gasteiger partial charge in [0.15, 0.2) is 5.82 Å². The largest absolute Gasteiger partial charge is 0.573 e. The van der Waals surface area contributed by atoms with Crippen LogP contribution in [0.25, 0.3) is 0 Å². The number of carbonyl (C=O) groups excluding carboxylic acids is 2. The van der Waals surface area contributed by atoms with E-state index in [0.29, 0.717) is 23.7 Å². The zero-order valence-corrected chi connectivity index (χ0v) is 24.7. The third-order valence-electron chi connectivity index (χ3n) is 6.80. The highest BCUT2D eigenvalue weighted by molar-refractivity contribution is 6.76. The van der Waals surface area contributed by atoms with E-state index >= 15 is 0 Å². The number of aromatic nitrogens is 1. The summed E-state index contributed by atoms with van der Waals surface area (Å²) in [7, 11) is 0.123. The lowest BCUT2D eigenvalue weighted by Crippen LogP contribution is -2.53. The van der Waals surface area contributed by atoms with Gasteiger partial charge in [-0.25, -0.2) is 9.78 Å². The third-order valence-corrected chi connectivity index (χ3v) is 8.51. The van der Waals surface area contributed by atoms with E-state index in [9.17, 15) is 22.8 Å². The highest BCUT2D eigenvalue weighted by Crippen LogP contribution is 2.36. The number of fused-ring (bicyclic) bond motifs is 1. The number of benzene rings is 1. The van der Waals surface area contributed by atoms with Crippen molar-refractivity contribution in [3.8, 4) is 5.75 Å². The number of hydrogen-bond acceptors (Lipinski definition) is 7. The van der Waals surface area contributed by atoms with Gasteiger partial charge in [0, 0.05) is 34.9 Å². The summed E-state index contributed by atoms with van der Waals surface area (Å²) in [6.45, 7) is 8.88. The topological polar surface area (TPSA) is 96.5 Å². The van der Waals surface area contributed by atoms with Crippen LogP contribution in [0, 0.1) is 0 Å². The molecule has 2 aromatic rings. The molecule has 1 aromatic carbocycles. The minimum atomic E-state index is -4.81. The highest BCUT2D eigenvalue weighted by Gasteiger charge is 2.36. The molecule has 1 N–H and O–H groups in total. The molecule has 14 heteroatoms. The molecule has 1 fully saturated rings. The molecule has 1 unspecified atom stereocenters. The standard InChI is InChI=1S/C27H36F3N5O5Si/c1-38-17-22(19-6-8-21(9-7-19)40-27(28,29)30)32-26(37)34-16-24(36)35(18-39-12-13-41(2,3)4)23-14-20(15-31-25(23)34)33-10-5-11-33/h6-9,14-15,22H,5,10-13,16-18H2,1-4H3,(H,32,37). The second kappa shape index (κ2) is 12.7. The second-order valence-electron chi connectivity index (χ2n) is 11.2. The van der Waals surface area contributed by atoms with Crippen molar-refractivity contribution in [3.63, 3.8) is 0 Å². The molecule has 10 nitrogen and oxygen atoms in total. The van der Waals surface area contributed by atoms with Gasteiger partial charge in [-0.1, -0.05) is 31.8 Å². The smallest absolute Gasteiger partial charge is 0.406 e. The van der Waals surface area contributed by atoms with E-state index in [0.717, 1.165) is 43.4 Å². The molecule has 0 saturated carbocycles. The predicted octanol–water partition coefficient (Wildman–Crippen LogP) is 4.75. The first-order valence-corrected chi connectivity index (χ1v) is 17.1. The number of carbonyl (C=O) groups is 2. The molecule has 2 aliphatic heterocycles. The molecule has 1 aromatic heterocycles. The summed E-state index contributed by atoms with van der Waals surface area (Å²) in [5.74, 6) is -0.390. The lowest BCUT2D eigenvalue weighted by molar-refractivity contribution is -0.274. The lowest BCUT2D eigenvalue weighted by atomic mass is 10.1. The van der Waals surface area contributed by atoms with Crippen molar-refractivity contribution in [3.05, 3.63) is 42.1 Å². The fraction of sp³-hybridized carbons (Fsp3) is 0.519. The van der Waals surface area contributed by atoms with Crippen LogP contribution in [-0.4, -0.2) is 78.0 Å². The zero-order chi connectivity index (χ0) is 29.8. The molecule has 3 heterocycles. The molecule has 4 rings (SSSR count). The number of anilines is 3. The Bertz CT molecular complexity index is 1220. The maximum atomic E-state index is 13.5. The second-order valence-corrected chi connectivity index (χ2v) is 16.8. The van der Waals surface area contributed by atoms with Crippen LogP contribution in [0.5, 0.6) is 5.75 Å². The third kappa shape index (κ3) is 8.11. The van der Waals surface area contributed by atoms with Crippen molar-refractivity contribution in [1.29, 1.82) is 0 Å². The number of nitrogens with zero attached hydrogens (tertiary/aromatic N) is 4. The van der Waals surface area contributed by atoms with E-state index in [4.69, 9.17) is 9.47 Å². The number of alkyl halides is 3. The van der Waals surface area contributed by atoms with Crippen molar-refractivity contribution >= 4 is 37.2 Å². The maximum absolute atomic E-state index is 13.5. The summed E-state index contributed by atoms with van der Waals surface area (Å²) >= 11 is 0. The summed E-state index contributed by atoms with van der Waals surface area (Å²) in [6.07, 6.45) is -2.06. The number of methoxy groups -OCH3 is 1. The molecule has 2 aliphatic rings. The van der Waals surface area contributed by atoms with Crippen molar-refractivity contribution in [1.82, 2.24) is 10.3 Å². The minimum Gasteiger partial charge on any atom is -0.406 e. The number of amides is 3. The van der Waals surface area contributed by atoms with Gasteiger partial charge in [0.25, 0.3) is 0 Å². The highest BCUT2D eigenvalue weighted by atomic mass is 28.3. The van der Waals surface area contributed by atoms with E-state index in [1.54, 1.807) is 6.20 Å². The number of rotatable bonds is 11. The Kier molecular flexibility index (Phi) is 9.44. The number of halogens is 3. The molecule has 1 saturated heterocycles. The Hall–Kier alpha value is -3.36. The van der Waals surface area contributed by atoms with Crippen molar-refractivity contribution in [2.24, 2.45) is 0 Å². The molecular weight excluding hydrogens is 559 g/mol. The van der Waals surface area contributed by atoms with E-state index < -0.39 is 26.5 Å². The van der Waals surface area contributed by atoms with E-state index in [1.165, 1.54) is 29.0 Å². The van der Waals surface area contributed by atoms with Gasteiger partial charge < -0.3 is 24.4 Å². The summed E-state index contributed by atoms with van der Waals surface area (Å²) in [4.78, 5) is 36.3. The first-order chi connectivity index (χ1) is 19.3. The Morgan fingerprint density at radius 2 is 1.88 bits per heavy atom. The molecular formula is C27H36F3N5O5Si. The molecule has 3 amide bonds. The van der Waals surface area contributed by atoms with E-state index in [2.05, 4.69) is 39.6 Å². The summed E-state index contributed by atoms with van der Waals surface area (Å²) in [5, 5.41) is 2.83. The lowest BCUT2D eigenvalue weighted by Gasteiger charge is -2.38. The average Bonchev–Trinajstić information content (AvgIpc) is 2.85. The molecule has 0 bridgehead atoms. The van der Waals surface area contributed by atoms with Crippen LogP contribution >= 0.6 is 0 Å². The first kappa shape index (κ1) is 30.6. The molecule has 41 heavy (non-hydrogen) atoms. The van der Waals surface area contributed by atoms with Crippen molar-refractivity contribution < 1.29 is 37.0 Å². The van der Waals surface area contributed by atoms with Gasteiger partial charge >= 0.3 is 12.4 Å². The first-order valence-electron chi connectivity index (χ1n) is 13.4. The SMILES string of the molecule is COCC(NC(=O)N1CC(=O)N(COCC[Si](C)(C)C)c2cc(N3CCC3)cnc21)c1ccc(OC(F)(F)F)cc1. The maximum Gasteiger partial charge on any atom is 0.573 e. The van der Waals surface area contributed by atoms with Gasteiger partial charge in [-0.3, -0.25) is 14.6 Å². The van der Waals surface area contributed by atoms with E-state index in [-0.39, 0.29) is 31.5 Å². The van der Waals surface area contributed by atoms with Crippen LogP contribution in [0.2, 0.25) is 25.7 Å². The predicted molar refractivity (Wildman–Crippen MR) is 151 cm³/mol. The number of hydrogen-bond donors (Lipinski definition) is 1. The fourth-order valence-electron chi connectivity index (χ4n) is 4.38. The van der Waals surface area contributed by atoms with Gasteiger partial charge in [0.1, 0.15) is 19.0 Å². The number of urea groups is 1. The Morgan fingerprint density at radius 3 is 2.46 bits per heavy atom. The fourth-order valence-corrected chi connectivity index (χ4v) is 5.14. The van der Waals surface area contributed by atoms with Crippen LogP contribution in [0.15, 0.2) is 36.5 Å². The summed E-state index contributed by atoms with van der Waals surface area (Å²) in [5.41, 5.74) is 1.83. The molecule has 0 spiro atoms. The summed E-state index contributed by atoms with van der Waals surface area (Å²) in [6, 6.07) is 6.65. The normalized spacial score (nSPS) is 16.3. The van der Waals surface area contributed by atoms with Gasteiger partial charge in [0.05, 0.1) is 30.2 Å². The zero-order valence-electron chi connectivity index (χ0n) is 23.7. The van der Waals surface area contributed by atoms with Crippen LogP contribution in [-0.2, 0) is 14.3 Å². The molecule has 0 radical (unpaired) electrons. The Labute approximate surface area is 238 Å². The van der Waals surface area contributed by atoms with Gasteiger partial charge in [-0.05, 0) is 36.2 Å². The van der Waals surface area contributed by atoms with Gasteiger partial charge in [-0.2, -0.15) is 0 Å². The molecule has 224 valence electrons. The van der Waals surface area contributed by atoms with Gasteiger partial charge in [0.2, 0.25) is 5.91 Å². The van der Waals surface area contributed by atoms with Crippen molar-refractivity contribution in [2.75, 3.05) is 61.4 Å². The van der Waals surface area contributed by atoms with Crippen LogP contribution in [0.1, 0.15) is 18.0 Å². The molecule has 1 atom stereocenters. The number of pyridine rings is 1. The molecule has 0 aliphatic carbocycles. The van der Waals surface area contributed by atoms with Crippen LogP contribution < -0.4 is 24.8 Å². The monoisotopic (exact) mass is 595 g/mol. The van der Waals surface area contributed by atoms with E-state index in [1.807, 2.05) is 6.07 Å². The number of nitrogens with one attached hydrogen (secondary N) is 1. The van der Waals surface area contributed by atoms with Gasteiger partial charge in [-0.15, -0.1) is 13.2 Å². The minimum absolute atomic E-state index is 0.0399. The average molecular weight is 596 g/mol. The Morgan fingerprint density at radius 1 is 1.17 bits per heavy atom. The van der Waals surface area contributed by atoms with Crippen molar-refractivity contribution in [2.45, 2.75) is 44.5 Å². The van der Waals surface area contributed by atoms with Crippen LogP contribution in [0.3, 0.4) is 0 Å². The van der Waals surface area contributed by atoms with Crippen LogP contribution in [0.4, 0.5) is 35.2 Å². The Balaban J connectivity index is 1.54. The summed E-state index contributed by atoms with van der Waals surface area (Å²) < 4.78 is 52.7. The number of ether oxygens (including phenoxy) is 3.